The molecular formula is C10H16ClN3O. The maximum absolute atomic E-state index is 5.62. The highest BCUT2D eigenvalue weighted by Crippen LogP contribution is 2.10. The summed E-state index contributed by atoms with van der Waals surface area (Å²) in [5.41, 5.74) is 0. The van der Waals surface area contributed by atoms with Crippen LogP contribution in [0.15, 0.2) is 12.3 Å². The molecule has 4 nitrogen and oxygen atoms in total. The Morgan fingerprint density at radius 1 is 1.60 bits per heavy atom. The van der Waals surface area contributed by atoms with Gasteiger partial charge in [0, 0.05) is 24.2 Å². The van der Waals surface area contributed by atoms with Crippen molar-refractivity contribution in [1.29, 1.82) is 0 Å². The van der Waals surface area contributed by atoms with Gasteiger partial charge in [0.1, 0.15) is 0 Å². The maximum Gasteiger partial charge on any atom is 0.226 e. The minimum absolute atomic E-state index is 0.316. The number of halogens is 1. The lowest BCUT2D eigenvalue weighted by Crippen LogP contribution is -2.17. The summed E-state index contributed by atoms with van der Waals surface area (Å²) >= 11 is 5.62. The number of hydrogen-bond acceptors (Lipinski definition) is 4. The summed E-state index contributed by atoms with van der Waals surface area (Å²) in [7, 11) is 1.59. The average molecular weight is 230 g/mol. The quantitative estimate of drug-likeness (QED) is 0.761. The highest BCUT2D eigenvalue weighted by Gasteiger charge is 2.04. The highest BCUT2D eigenvalue weighted by molar-refractivity contribution is 6.17. The Bertz CT molecular complexity index is 296. The zero-order valence-electron chi connectivity index (χ0n) is 9.03. The molecule has 1 atom stereocenters. The van der Waals surface area contributed by atoms with E-state index in [0.29, 0.717) is 23.8 Å². The first kappa shape index (κ1) is 12.0. The molecule has 0 saturated heterocycles. The van der Waals surface area contributed by atoms with Crippen molar-refractivity contribution in [2.75, 3.05) is 18.3 Å². The van der Waals surface area contributed by atoms with Crippen molar-refractivity contribution in [3.05, 3.63) is 12.3 Å². The van der Waals surface area contributed by atoms with Gasteiger partial charge in [-0.25, -0.2) is 4.98 Å². The van der Waals surface area contributed by atoms with Crippen molar-refractivity contribution >= 4 is 17.5 Å². The van der Waals surface area contributed by atoms with E-state index < -0.39 is 0 Å². The molecule has 1 N–H and O–H groups in total. The Kier molecular flexibility index (Phi) is 5.18. The Labute approximate surface area is 95.0 Å². The first-order valence-corrected chi connectivity index (χ1v) is 5.49. The van der Waals surface area contributed by atoms with Crippen molar-refractivity contribution in [1.82, 2.24) is 9.97 Å². The van der Waals surface area contributed by atoms with Crippen LogP contribution in [0.1, 0.15) is 19.8 Å². The molecule has 0 amide bonds. The molecule has 0 aliphatic carbocycles. The van der Waals surface area contributed by atoms with Gasteiger partial charge >= 0.3 is 0 Å². The predicted molar refractivity (Wildman–Crippen MR) is 61.6 cm³/mol. The van der Waals surface area contributed by atoms with Crippen LogP contribution in [0.25, 0.3) is 0 Å². The fraction of sp³-hybridized carbons (Fsp3) is 0.600. The molecule has 15 heavy (non-hydrogen) atoms. The topological polar surface area (TPSA) is 47.0 Å². The summed E-state index contributed by atoms with van der Waals surface area (Å²) in [5.74, 6) is 1.85. The number of alkyl halides is 1. The van der Waals surface area contributed by atoms with Gasteiger partial charge in [0.05, 0.1) is 7.11 Å². The van der Waals surface area contributed by atoms with Gasteiger partial charge in [0.15, 0.2) is 0 Å². The van der Waals surface area contributed by atoms with Crippen molar-refractivity contribution in [3.63, 3.8) is 0 Å². The Morgan fingerprint density at radius 3 is 3.07 bits per heavy atom. The van der Waals surface area contributed by atoms with Crippen LogP contribution >= 0.6 is 11.6 Å². The van der Waals surface area contributed by atoms with Crippen molar-refractivity contribution in [3.8, 4) is 5.88 Å². The minimum atomic E-state index is 0.316. The van der Waals surface area contributed by atoms with E-state index in [1.807, 2.05) is 0 Å². The molecule has 0 bridgehead atoms. The van der Waals surface area contributed by atoms with Crippen LogP contribution in [0, 0.1) is 0 Å². The zero-order chi connectivity index (χ0) is 11.1. The summed E-state index contributed by atoms with van der Waals surface area (Å²) in [5, 5.41) is 3.19. The molecule has 0 saturated carbocycles. The molecule has 1 heterocycles. The maximum atomic E-state index is 5.62. The van der Waals surface area contributed by atoms with Crippen molar-refractivity contribution in [2.45, 2.75) is 25.8 Å². The second-order valence-electron chi connectivity index (χ2n) is 3.30. The van der Waals surface area contributed by atoms with Gasteiger partial charge in [0.2, 0.25) is 11.8 Å². The van der Waals surface area contributed by atoms with E-state index in [9.17, 15) is 0 Å². The van der Waals surface area contributed by atoms with Crippen LogP contribution in [0.3, 0.4) is 0 Å². The van der Waals surface area contributed by atoms with Crippen LogP contribution in [0.4, 0.5) is 5.95 Å². The summed E-state index contributed by atoms with van der Waals surface area (Å²) in [6.45, 7) is 2.08. The summed E-state index contributed by atoms with van der Waals surface area (Å²) in [4.78, 5) is 8.26. The van der Waals surface area contributed by atoms with Crippen LogP contribution in [0.2, 0.25) is 0 Å². The van der Waals surface area contributed by atoms with E-state index in [2.05, 4.69) is 22.2 Å². The van der Waals surface area contributed by atoms with Crippen LogP contribution in [-0.4, -0.2) is 29.0 Å². The number of hydrogen-bond donors (Lipinski definition) is 1. The van der Waals surface area contributed by atoms with E-state index in [1.54, 1.807) is 19.4 Å². The fourth-order valence-corrected chi connectivity index (χ4v) is 1.36. The molecule has 0 aliphatic rings. The minimum Gasteiger partial charge on any atom is -0.481 e. The van der Waals surface area contributed by atoms with Gasteiger partial charge in [-0.2, -0.15) is 4.98 Å². The molecule has 0 radical (unpaired) electrons. The Morgan fingerprint density at radius 2 is 2.40 bits per heavy atom. The number of nitrogens with zero attached hydrogens (tertiary/aromatic N) is 2. The number of methoxy groups -OCH3 is 1. The van der Waals surface area contributed by atoms with Gasteiger partial charge in [-0.1, -0.05) is 0 Å². The Hall–Kier alpha value is -1.03. The molecule has 5 heteroatoms. The molecule has 1 aromatic rings. The van der Waals surface area contributed by atoms with Gasteiger partial charge in [-0.05, 0) is 19.8 Å². The third-order valence-corrected chi connectivity index (χ3v) is 2.25. The largest absolute Gasteiger partial charge is 0.481 e. The highest BCUT2D eigenvalue weighted by atomic mass is 35.5. The molecular weight excluding hydrogens is 214 g/mol. The molecule has 1 unspecified atom stereocenters. The second kappa shape index (κ2) is 6.45. The monoisotopic (exact) mass is 229 g/mol. The first-order valence-electron chi connectivity index (χ1n) is 4.95. The van der Waals surface area contributed by atoms with Crippen LogP contribution in [0.5, 0.6) is 5.88 Å². The van der Waals surface area contributed by atoms with E-state index >= 15 is 0 Å². The lowest BCUT2D eigenvalue weighted by molar-refractivity contribution is 0.397. The Balaban J connectivity index is 2.48. The molecule has 1 rings (SSSR count). The lowest BCUT2D eigenvalue weighted by atomic mass is 10.2. The molecule has 0 aliphatic heterocycles. The van der Waals surface area contributed by atoms with Crippen LogP contribution in [-0.2, 0) is 0 Å². The summed E-state index contributed by atoms with van der Waals surface area (Å²) < 4.78 is 5.01. The van der Waals surface area contributed by atoms with Crippen molar-refractivity contribution in [2.24, 2.45) is 0 Å². The SMILES string of the molecule is COc1ccnc(NC(C)CCCCl)n1. The molecule has 0 spiro atoms. The van der Waals surface area contributed by atoms with E-state index in [0.717, 1.165) is 12.8 Å². The number of nitrogens with one attached hydrogen (secondary N) is 1. The fourth-order valence-electron chi connectivity index (χ4n) is 1.20. The normalized spacial score (nSPS) is 12.2. The smallest absolute Gasteiger partial charge is 0.226 e. The van der Waals surface area contributed by atoms with E-state index in [1.165, 1.54) is 0 Å². The number of aromatic nitrogens is 2. The number of ether oxygens (including phenoxy) is 1. The summed E-state index contributed by atoms with van der Waals surface area (Å²) in [6.07, 6.45) is 3.66. The van der Waals surface area contributed by atoms with E-state index in [-0.39, 0.29) is 0 Å². The molecule has 0 aromatic carbocycles. The van der Waals surface area contributed by atoms with Crippen LogP contribution < -0.4 is 10.1 Å². The van der Waals surface area contributed by atoms with Gasteiger partial charge in [0.25, 0.3) is 0 Å². The third-order valence-electron chi connectivity index (χ3n) is 1.99. The molecule has 84 valence electrons. The molecule has 1 aromatic heterocycles. The van der Waals surface area contributed by atoms with Gasteiger partial charge in [-0.15, -0.1) is 11.6 Å². The van der Waals surface area contributed by atoms with Crippen molar-refractivity contribution < 1.29 is 4.74 Å². The lowest BCUT2D eigenvalue weighted by Gasteiger charge is -2.12. The van der Waals surface area contributed by atoms with Gasteiger partial charge < -0.3 is 10.1 Å². The standard InChI is InChI=1S/C10H16ClN3O/c1-8(4-3-6-11)13-10-12-7-5-9(14-10)15-2/h5,7-8H,3-4,6H2,1-2H3,(H,12,13,14). The average Bonchev–Trinajstić information content (AvgIpc) is 2.26. The predicted octanol–water partition coefficient (Wildman–Crippen LogP) is 2.30. The van der Waals surface area contributed by atoms with E-state index in [4.69, 9.17) is 16.3 Å². The first-order chi connectivity index (χ1) is 7.26. The number of anilines is 1. The molecule has 0 fully saturated rings. The number of rotatable bonds is 6. The summed E-state index contributed by atoms with van der Waals surface area (Å²) in [6, 6.07) is 2.03. The zero-order valence-corrected chi connectivity index (χ0v) is 9.79. The third kappa shape index (κ3) is 4.34. The van der Waals surface area contributed by atoms with Gasteiger partial charge in [-0.3, -0.25) is 0 Å². The second-order valence-corrected chi connectivity index (χ2v) is 3.68.